The number of hydrogen-bond donors (Lipinski definition) is 0. The highest BCUT2D eigenvalue weighted by molar-refractivity contribution is 9.09. The summed E-state index contributed by atoms with van der Waals surface area (Å²) in [6.07, 6.45) is 5.15. The standard InChI is InChI=1S/C20H46O4S3Si2/c1-11-15(5)21-28(22-16(6)12-2)19(9)25-27-26-20(10)29(23-17(7)13-3)24-18(8)14-4/h15-20,28-29H,11-14H2,1-10H3. The van der Waals surface area contributed by atoms with Crippen molar-refractivity contribution in [1.82, 2.24) is 0 Å². The van der Waals surface area contributed by atoms with Crippen LogP contribution in [0.4, 0.5) is 0 Å². The molecule has 0 aliphatic carbocycles. The summed E-state index contributed by atoms with van der Waals surface area (Å²) in [5.41, 5.74) is 0. The lowest BCUT2D eigenvalue weighted by Crippen LogP contribution is -2.39. The zero-order chi connectivity index (χ0) is 22.4. The molecule has 0 aromatic rings. The Bertz CT molecular complexity index is 341. The van der Waals surface area contributed by atoms with Gasteiger partial charge in [-0.25, -0.2) is 0 Å². The minimum atomic E-state index is -1.75. The minimum Gasteiger partial charge on any atom is -0.393 e. The average Bonchev–Trinajstić information content (AvgIpc) is 2.71. The van der Waals surface area contributed by atoms with Crippen molar-refractivity contribution in [3.05, 3.63) is 0 Å². The van der Waals surface area contributed by atoms with Crippen LogP contribution in [0.25, 0.3) is 0 Å². The van der Waals surface area contributed by atoms with E-state index in [-0.39, 0.29) is 24.4 Å². The molecule has 0 aliphatic rings. The Hall–Kier alpha value is 1.32. The van der Waals surface area contributed by atoms with Crippen LogP contribution in [0.15, 0.2) is 0 Å². The Morgan fingerprint density at radius 2 is 0.759 bits per heavy atom. The van der Waals surface area contributed by atoms with Gasteiger partial charge in [-0.3, -0.25) is 0 Å². The maximum Gasteiger partial charge on any atom is 0.336 e. The summed E-state index contributed by atoms with van der Waals surface area (Å²) in [5, 5.41) is 0. The molecule has 0 N–H and O–H groups in total. The molecule has 6 atom stereocenters. The summed E-state index contributed by atoms with van der Waals surface area (Å²) < 4.78 is 25.2. The van der Waals surface area contributed by atoms with E-state index in [2.05, 4.69) is 69.2 Å². The van der Waals surface area contributed by atoms with Crippen LogP contribution in [-0.4, -0.2) is 52.7 Å². The number of rotatable bonds is 18. The van der Waals surface area contributed by atoms with Crippen molar-refractivity contribution in [3.8, 4) is 0 Å². The van der Waals surface area contributed by atoms with E-state index in [0.29, 0.717) is 9.75 Å². The van der Waals surface area contributed by atoms with Gasteiger partial charge in [0.2, 0.25) is 0 Å². The Labute approximate surface area is 196 Å². The minimum absolute atomic E-state index is 0.264. The Balaban J connectivity index is 4.71. The summed E-state index contributed by atoms with van der Waals surface area (Å²) >= 11 is 0. The van der Waals surface area contributed by atoms with Gasteiger partial charge in [0.1, 0.15) is 0 Å². The zero-order valence-corrected chi connectivity index (χ0v) is 25.1. The quantitative estimate of drug-likeness (QED) is 0.155. The van der Waals surface area contributed by atoms with Crippen LogP contribution in [0.3, 0.4) is 0 Å². The molecule has 0 aromatic carbocycles. The first-order chi connectivity index (χ1) is 13.7. The topological polar surface area (TPSA) is 36.9 Å². The fraction of sp³-hybridized carbons (Fsp3) is 1.00. The molecule has 0 aromatic heterocycles. The molecule has 0 saturated carbocycles. The SMILES string of the molecule is CCC(C)O[SiH](OC(C)CC)C(C)SSSC(C)[SiH](OC(C)CC)OC(C)CC. The second-order valence-corrected chi connectivity index (χ2v) is 18.2. The van der Waals surface area contributed by atoms with Crippen molar-refractivity contribution in [2.24, 2.45) is 0 Å². The normalized spacial score (nSPS) is 20.5. The van der Waals surface area contributed by atoms with E-state index >= 15 is 0 Å². The molecule has 29 heavy (non-hydrogen) atoms. The summed E-state index contributed by atoms with van der Waals surface area (Å²) in [5.74, 6) is 0. The highest BCUT2D eigenvalue weighted by Gasteiger charge is 2.30. The molecule has 0 fully saturated rings. The van der Waals surface area contributed by atoms with E-state index in [0.717, 1.165) is 25.7 Å². The highest BCUT2D eigenvalue weighted by atomic mass is 33.5. The van der Waals surface area contributed by atoms with E-state index < -0.39 is 18.6 Å². The Kier molecular flexibility index (Phi) is 18.6. The summed E-state index contributed by atoms with van der Waals surface area (Å²) in [7, 11) is 2.13. The molecular formula is C20H46O4S3Si2. The zero-order valence-electron chi connectivity index (χ0n) is 20.3. The second-order valence-electron chi connectivity index (χ2n) is 7.83. The van der Waals surface area contributed by atoms with E-state index in [1.807, 2.05) is 31.4 Å². The summed E-state index contributed by atoms with van der Waals surface area (Å²) in [6, 6.07) is 0. The third-order valence-electron chi connectivity index (χ3n) is 4.91. The fourth-order valence-electron chi connectivity index (χ4n) is 2.04. The second kappa shape index (κ2) is 17.8. The molecule has 0 bridgehead atoms. The predicted octanol–water partition coefficient (Wildman–Crippen LogP) is 6.57. The lowest BCUT2D eigenvalue weighted by atomic mass is 10.3. The van der Waals surface area contributed by atoms with Crippen LogP contribution in [0.2, 0.25) is 0 Å². The van der Waals surface area contributed by atoms with E-state index in [4.69, 9.17) is 17.7 Å². The largest absolute Gasteiger partial charge is 0.393 e. The van der Waals surface area contributed by atoms with Crippen LogP contribution in [0.5, 0.6) is 0 Å². The molecule has 0 saturated heterocycles. The molecule has 176 valence electrons. The third-order valence-corrected chi connectivity index (χ3v) is 17.2. The highest BCUT2D eigenvalue weighted by Crippen LogP contribution is 2.42. The first kappa shape index (κ1) is 30.3. The van der Waals surface area contributed by atoms with Crippen LogP contribution in [-0.2, 0) is 17.7 Å². The van der Waals surface area contributed by atoms with E-state index in [9.17, 15) is 0 Å². The van der Waals surface area contributed by atoms with Gasteiger partial charge >= 0.3 is 18.6 Å². The molecule has 0 radical (unpaired) electrons. The van der Waals surface area contributed by atoms with Crippen molar-refractivity contribution in [2.45, 2.75) is 129 Å². The maximum absolute atomic E-state index is 6.31. The summed E-state index contributed by atoms with van der Waals surface area (Å²) in [6.45, 7) is 21.8. The van der Waals surface area contributed by atoms with Gasteiger partial charge in [0.05, 0.1) is 9.75 Å². The van der Waals surface area contributed by atoms with Crippen LogP contribution >= 0.6 is 31.4 Å². The van der Waals surface area contributed by atoms with Gasteiger partial charge in [-0.1, -0.05) is 63.1 Å². The van der Waals surface area contributed by atoms with Crippen LogP contribution in [0, 0.1) is 0 Å². The van der Waals surface area contributed by atoms with Crippen LogP contribution in [0.1, 0.15) is 94.9 Å². The molecular weight excluding hydrogens is 457 g/mol. The third kappa shape index (κ3) is 14.2. The van der Waals surface area contributed by atoms with Gasteiger partial charge in [0.25, 0.3) is 0 Å². The first-order valence-corrected chi connectivity index (χ1v) is 18.1. The van der Waals surface area contributed by atoms with Crippen molar-refractivity contribution in [3.63, 3.8) is 0 Å². The molecule has 4 nitrogen and oxygen atoms in total. The van der Waals surface area contributed by atoms with E-state index in [1.54, 1.807) is 0 Å². The van der Waals surface area contributed by atoms with E-state index in [1.165, 1.54) is 0 Å². The molecule has 6 unspecified atom stereocenters. The lowest BCUT2D eigenvalue weighted by molar-refractivity contribution is 0.110. The monoisotopic (exact) mass is 502 g/mol. The Morgan fingerprint density at radius 1 is 0.517 bits per heavy atom. The van der Waals surface area contributed by atoms with Gasteiger partial charge < -0.3 is 17.7 Å². The number of hydrogen-bond acceptors (Lipinski definition) is 7. The smallest absolute Gasteiger partial charge is 0.336 e. The van der Waals surface area contributed by atoms with Gasteiger partial charge in [-0.05, 0) is 63.2 Å². The summed E-state index contributed by atoms with van der Waals surface area (Å²) in [4.78, 5) is 0.766. The maximum atomic E-state index is 6.31. The van der Waals surface area contributed by atoms with Crippen molar-refractivity contribution >= 4 is 50.0 Å². The van der Waals surface area contributed by atoms with Crippen molar-refractivity contribution < 1.29 is 17.7 Å². The van der Waals surface area contributed by atoms with Gasteiger partial charge in [-0.15, -0.1) is 0 Å². The Morgan fingerprint density at radius 3 is 0.966 bits per heavy atom. The van der Waals surface area contributed by atoms with Gasteiger partial charge in [-0.2, -0.15) is 0 Å². The molecule has 9 heteroatoms. The average molecular weight is 503 g/mol. The van der Waals surface area contributed by atoms with Gasteiger partial charge in [0.15, 0.2) is 0 Å². The van der Waals surface area contributed by atoms with Crippen molar-refractivity contribution in [1.29, 1.82) is 0 Å². The fourth-order valence-corrected chi connectivity index (χ4v) is 15.0. The first-order valence-electron chi connectivity index (χ1n) is 11.3. The molecule has 0 aliphatic heterocycles. The lowest BCUT2D eigenvalue weighted by Gasteiger charge is -2.29. The molecule has 0 amide bonds. The van der Waals surface area contributed by atoms with Crippen molar-refractivity contribution in [2.75, 3.05) is 0 Å². The molecule has 0 rings (SSSR count). The molecule has 0 spiro atoms. The molecule has 0 heterocycles. The van der Waals surface area contributed by atoms with Crippen LogP contribution < -0.4 is 0 Å². The van der Waals surface area contributed by atoms with Gasteiger partial charge in [0, 0.05) is 24.4 Å². The predicted molar refractivity (Wildman–Crippen MR) is 139 cm³/mol.